The van der Waals surface area contributed by atoms with Crippen molar-refractivity contribution in [1.29, 1.82) is 0 Å². The zero-order chi connectivity index (χ0) is 14.7. The van der Waals surface area contributed by atoms with Crippen LogP contribution < -0.4 is 0 Å². The van der Waals surface area contributed by atoms with Crippen molar-refractivity contribution < 1.29 is 9.90 Å². The van der Waals surface area contributed by atoms with Crippen LogP contribution in [0.25, 0.3) is 16.3 Å². The highest BCUT2D eigenvalue weighted by atomic mass is 32.1. The Labute approximate surface area is 125 Å². The first-order valence-electron chi connectivity index (χ1n) is 6.49. The minimum atomic E-state index is -0.804. The number of aromatic nitrogens is 3. The molecule has 1 aromatic carbocycles. The van der Waals surface area contributed by atoms with E-state index in [2.05, 4.69) is 10.1 Å². The van der Waals surface area contributed by atoms with Crippen LogP contribution in [0.3, 0.4) is 0 Å². The summed E-state index contributed by atoms with van der Waals surface area (Å²) in [6.45, 7) is 0. The average Bonchev–Trinajstić information content (AvgIpc) is 3.15. The summed E-state index contributed by atoms with van der Waals surface area (Å²) >= 11 is 1.51. The molecule has 0 radical (unpaired) electrons. The first-order valence-corrected chi connectivity index (χ1v) is 7.37. The van der Waals surface area contributed by atoms with Crippen molar-refractivity contribution in [2.45, 2.75) is 12.8 Å². The van der Waals surface area contributed by atoms with Crippen LogP contribution in [0, 0.1) is 0 Å². The van der Waals surface area contributed by atoms with Gasteiger partial charge in [-0.05, 0) is 12.1 Å². The van der Waals surface area contributed by atoms with Crippen molar-refractivity contribution in [3.05, 3.63) is 53.8 Å². The molecule has 106 valence electrons. The molecule has 5 nitrogen and oxygen atoms in total. The number of hydrogen-bond acceptors (Lipinski definition) is 4. The van der Waals surface area contributed by atoms with Crippen LogP contribution in [0.1, 0.15) is 12.1 Å². The van der Waals surface area contributed by atoms with E-state index in [1.807, 2.05) is 41.9 Å². The molecule has 0 unspecified atom stereocenters. The molecule has 0 saturated heterocycles. The Bertz CT molecular complexity index is 749. The molecule has 3 aromatic rings. The zero-order valence-corrected chi connectivity index (χ0v) is 12.0. The molecule has 2 heterocycles. The van der Waals surface area contributed by atoms with Crippen LogP contribution in [0.2, 0.25) is 0 Å². The fraction of sp³-hybridized carbons (Fsp3) is 0.133. The van der Waals surface area contributed by atoms with Crippen molar-refractivity contribution in [1.82, 2.24) is 14.8 Å². The van der Waals surface area contributed by atoms with E-state index < -0.39 is 5.97 Å². The quantitative estimate of drug-likeness (QED) is 0.786. The summed E-state index contributed by atoms with van der Waals surface area (Å²) in [6.07, 6.45) is 4.26. The lowest BCUT2D eigenvalue weighted by molar-refractivity contribution is -0.136. The summed E-state index contributed by atoms with van der Waals surface area (Å²) < 4.78 is 1.80. The van der Waals surface area contributed by atoms with Gasteiger partial charge in [0.15, 0.2) is 0 Å². The van der Waals surface area contributed by atoms with E-state index in [9.17, 15) is 4.79 Å². The number of carboxylic acids is 1. The number of benzene rings is 1. The number of para-hydroxylation sites is 1. The van der Waals surface area contributed by atoms with Crippen LogP contribution in [0.5, 0.6) is 0 Å². The molecule has 21 heavy (non-hydrogen) atoms. The molecule has 0 bridgehead atoms. The van der Waals surface area contributed by atoms with Gasteiger partial charge in [-0.3, -0.25) is 4.79 Å². The van der Waals surface area contributed by atoms with Crippen LogP contribution in [0.15, 0.2) is 48.1 Å². The Kier molecular flexibility index (Phi) is 3.79. The highest BCUT2D eigenvalue weighted by Crippen LogP contribution is 2.24. The number of carboxylic acid groups (broad SMARTS) is 1. The highest BCUT2D eigenvalue weighted by molar-refractivity contribution is 7.13. The number of rotatable bonds is 5. The predicted molar refractivity (Wildman–Crippen MR) is 80.6 cm³/mol. The number of thiazole rings is 1. The molecular weight excluding hydrogens is 286 g/mol. The molecule has 0 aliphatic heterocycles. The molecule has 3 rings (SSSR count). The maximum atomic E-state index is 10.6. The molecule has 0 atom stereocenters. The van der Waals surface area contributed by atoms with Gasteiger partial charge in [-0.15, -0.1) is 11.3 Å². The fourth-order valence-electron chi connectivity index (χ4n) is 1.94. The Morgan fingerprint density at radius 2 is 2.10 bits per heavy atom. The monoisotopic (exact) mass is 299 g/mol. The smallest absolute Gasteiger partial charge is 0.303 e. The van der Waals surface area contributed by atoms with Crippen molar-refractivity contribution in [3.63, 3.8) is 0 Å². The average molecular weight is 299 g/mol. The number of nitrogens with zero attached hydrogens (tertiary/aromatic N) is 3. The van der Waals surface area contributed by atoms with Gasteiger partial charge in [-0.2, -0.15) is 5.10 Å². The zero-order valence-electron chi connectivity index (χ0n) is 11.1. The lowest BCUT2D eigenvalue weighted by atomic mass is 10.2. The molecule has 0 aliphatic rings. The first-order chi connectivity index (χ1) is 10.2. The number of aryl methyl sites for hydroxylation is 1. The summed E-state index contributed by atoms with van der Waals surface area (Å²) in [6, 6.07) is 9.85. The van der Waals surface area contributed by atoms with Crippen LogP contribution in [-0.2, 0) is 11.2 Å². The van der Waals surface area contributed by atoms with Crippen molar-refractivity contribution in [2.75, 3.05) is 0 Å². The van der Waals surface area contributed by atoms with Crippen molar-refractivity contribution in [3.8, 4) is 16.3 Å². The predicted octanol–water partition coefficient (Wildman–Crippen LogP) is 3.01. The Morgan fingerprint density at radius 3 is 2.86 bits per heavy atom. The Balaban J connectivity index is 1.79. The van der Waals surface area contributed by atoms with Crippen molar-refractivity contribution >= 4 is 17.3 Å². The summed E-state index contributed by atoms with van der Waals surface area (Å²) in [4.78, 5) is 15.0. The Morgan fingerprint density at radius 1 is 1.29 bits per heavy atom. The van der Waals surface area contributed by atoms with Crippen LogP contribution >= 0.6 is 11.3 Å². The van der Waals surface area contributed by atoms with E-state index >= 15 is 0 Å². The van der Waals surface area contributed by atoms with E-state index in [1.54, 1.807) is 10.9 Å². The molecule has 0 saturated carbocycles. The number of aliphatic carboxylic acids is 1. The SMILES string of the molecule is O=C(O)CCc1csc(-c2cnn(-c3ccccc3)c2)n1. The fourth-order valence-corrected chi connectivity index (χ4v) is 2.77. The lowest BCUT2D eigenvalue weighted by Crippen LogP contribution is -1.97. The second-order valence-electron chi connectivity index (χ2n) is 4.55. The minimum Gasteiger partial charge on any atom is -0.481 e. The number of hydrogen-bond donors (Lipinski definition) is 1. The van der Waals surface area contributed by atoms with E-state index in [4.69, 9.17) is 5.11 Å². The topological polar surface area (TPSA) is 68.0 Å². The molecule has 2 aromatic heterocycles. The summed E-state index contributed by atoms with van der Waals surface area (Å²) in [5.41, 5.74) is 2.74. The van der Waals surface area contributed by atoms with Gasteiger partial charge in [-0.1, -0.05) is 18.2 Å². The van der Waals surface area contributed by atoms with E-state index in [0.29, 0.717) is 6.42 Å². The second-order valence-corrected chi connectivity index (χ2v) is 5.40. The maximum absolute atomic E-state index is 10.6. The summed E-state index contributed by atoms with van der Waals surface area (Å²) in [5.74, 6) is -0.804. The van der Waals surface area contributed by atoms with Crippen LogP contribution in [0.4, 0.5) is 0 Å². The van der Waals surface area contributed by atoms with Gasteiger partial charge in [0.25, 0.3) is 0 Å². The number of carbonyl (C=O) groups is 1. The van der Waals surface area contributed by atoms with Gasteiger partial charge in [0.2, 0.25) is 0 Å². The maximum Gasteiger partial charge on any atom is 0.303 e. The summed E-state index contributed by atoms with van der Waals surface area (Å²) in [7, 11) is 0. The molecule has 0 aliphatic carbocycles. The third kappa shape index (κ3) is 3.17. The molecule has 0 spiro atoms. The normalized spacial score (nSPS) is 10.7. The molecular formula is C15H13N3O2S. The van der Waals surface area contributed by atoms with Gasteiger partial charge >= 0.3 is 5.97 Å². The molecule has 6 heteroatoms. The Hall–Kier alpha value is -2.47. The van der Waals surface area contributed by atoms with Gasteiger partial charge in [0, 0.05) is 23.6 Å². The van der Waals surface area contributed by atoms with Gasteiger partial charge in [0.1, 0.15) is 5.01 Å². The van der Waals surface area contributed by atoms with E-state index in [0.717, 1.165) is 22.0 Å². The third-order valence-electron chi connectivity index (χ3n) is 3.00. The molecule has 1 N–H and O–H groups in total. The lowest BCUT2D eigenvalue weighted by Gasteiger charge is -1.98. The highest BCUT2D eigenvalue weighted by Gasteiger charge is 2.09. The van der Waals surface area contributed by atoms with E-state index in [1.165, 1.54) is 11.3 Å². The molecule has 0 amide bonds. The van der Waals surface area contributed by atoms with E-state index in [-0.39, 0.29) is 6.42 Å². The van der Waals surface area contributed by atoms with Crippen LogP contribution in [-0.4, -0.2) is 25.8 Å². The van der Waals surface area contributed by atoms with Gasteiger partial charge in [-0.25, -0.2) is 9.67 Å². The second kappa shape index (κ2) is 5.88. The molecule has 0 fully saturated rings. The minimum absolute atomic E-state index is 0.104. The summed E-state index contributed by atoms with van der Waals surface area (Å²) in [5, 5.41) is 15.8. The van der Waals surface area contributed by atoms with Crippen molar-refractivity contribution in [2.24, 2.45) is 0 Å². The largest absolute Gasteiger partial charge is 0.481 e. The van der Waals surface area contributed by atoms with Gasteiger partial charge < -0.3 is 5.11 Å². The third-order valence-corrected chi connectivity index (χ3v) is 3.94. The standard InChI is InChI=1S/C15H13N3O2S/c19-14(20)7-6-12-10-21-15(17-12)11-8-16-18(9-11)13-4-2-1-3-5-13/h1-5,8-10H,6-7H2,(H,19,20). The van der Waals surface area contributed by atoms with Gasteiger partial charge in [0.05, 0.1) is 24.0 Å². The first kappa shape index (κ1) is 13.5.